The van der Waals surface area contributed by atoms with Crippen molar-refractivity contribution in [3.8, 4) is 0 Å². The second kappa shape index (κ2) is 6.18. The third-order valence-corrected chi connectivity index (χ3v) is 3.65. The highest BCUT2D eigenvalue weighted by Gasteiger charge is 2.20. The van der Waals surface area contributed by atoms with Gasteiger partial charge in [0.25, 0.3) is 0 Å². The Morgan fingerprint density at radius 2 is 2.29 bits per heavy atom. The van der Waals surface area contributed by atoms with Gasteiger partial charge in [-0.15, -0.1) is 0 Å². The van der Waals surface area contributed by atoms with Gasteiger partial charge in [-0.2, -0.15) is 0 Å². The lowest BCUT2D eigenvalue weighted by atomic mass is 9.89. The van der Waals surface area contributed by atoms with E-state index in [-0.39, 0.29) is 6.61 Å². The molecule has 1 fully saturated rings. The fourth-order valence-corrected chi connectivity index (χ4v) is 2.79. The van der Waals surface area contributed by atoms with Crippen molar-refractivity contribution in [2.75, 3.05) is 19.6 Å². The van der Waals surface area contributed by atoms with Gasteiger partial charge in [-0.1, -0.05) is 31.2 Å². The maximum Gasteiger partial charge on any atom is 0.0681 e. The first-order chi connectivity index (χ1) is 8.33. The average Bonchev–Trinajstić information content (AvgIpc) is 2.40. The second-order valence-corrected chi connectivity index (χ2v) is 5.04. The molecule has 1 aromatic carbocycles. The van der Waals surface area contributed by atoms with Crippen LogP contribution in [0.25, 0.3) is 0 Å². The van der Waals surface area contributed by atoms with Crippen molar-refractivity contribution in [3.05, 3.63) is 35.4 Å². The quantitative estimate of drug-likeness (QED) is 0.864. The normalized spacial score (nSPS) is 21.6. The Morgan fingerprint density at radius 1 is 1.41 bits per heavy atom. The number of aliphatic hydroxyl groups excluding tert-OH is 1. The molecule has 1 atom stereocenters. The van der Waals surface area contributed by atoms with Crippen molar-refractivity contribution in [1.29, 1.82) is 0 Å². The summed E-state index contributed by atoms with van der Waals surface area (Å²) in [6, 6.07) is 8.44. The molecule has 2 heteroatoms. The fraction of sp³-hybridized carbons (Fsp3) is 0.600. The summed E-state index contributed by atoms with van der Waals surface area (Å²) in [7, 11) is 0. The summed E-state index contributed by atoms with van der Waals surface area (Å²) in [4.78, 5) is 2.57. The number of hydrogen-bond donors (Lipinski definition) is 1. The van der Waals surface area contributed by atoms with E-state index in [2.05, 4.69) is 30.0 Å². The summed E-state index contributed by atoms with van der Waals surface area (Å²) in [6.45, 7) is 6.05. The van der Waals surface area contributed by atoms with E-state index in [1.807, 2.05) is 6.07 Å². The minimum absolute atomic E-state index is 0.152. The summed E-state index contributed by atoms with van der Waals surface area (Å²) >= 11 is 0. The Bertz CT molecular complexity index is 349. The predicted octanol–water partition coefficient (Wildman–Crippen LogP) is 2.77. The van der Waals surface area contributed by atoms with Crippen LogP contribution in [0.5, 0.6) is 0 Å². The standard InChI is InChI=1S/C15H23NO/c1-2-8-16-9-4-7-15(11-16)14-6-3-5-13(10-14)12-17/h3,5-6,10,15,17H,2,4,7-9,11-12H2,1H3/t15-/m1/s1. The molecule has 0 radical (unpaired) electrons. The van der Waals surface area contributed by atoms with Crippen molar-refractivity contribution < 1.29 is 5.11 Å². The van der Waals surface area contributed by atoms with Crippen molar-refractivity contribution >= 4 is 0 Å². The molecule has 0 bridgehead atoms. The number of piperidine rings is 1. The minimum atomic E-state index is 0.152. The molecule has 2 rings (SSSR count). The Hall–Kier alpha value is -0.860. The molecule has 1 aliphatic heterocycles. The highest BCUT2D eigenvalue weighted by Crippen LogP contribution is 2.27. The molecular formula is C15H23NO. The Labute approximate surface area is 104 Å². The van der Waals surface area contributed by atoms with E-state index >= 15 is 0 Å². The van der Waals surface area contributed by atoms with Crippen LogP contribution in [0.1, 0.15) is 43.2 Å². The van der Waals surface area contributed by atoms with E-state index in [0.717, 1.165) is 5.56 Å². The molecule has 17 heavy (non-hydrogen) atoms. The Kier molecular flexibility index (Phi) is 4.57. The Balaban J connectivity index is 2.05. The van der Waals surface area contributed by atoms with Gasteiger partial charge in [0.15, 0.2) is 0 Å². The van der Waals surface area contributed by atoms with Crippen LogP contribution in [0, 0.1) is 0 Å². The molecule has 1 saturated heterocycles. The molecule has 0 saturated carbocycles. The number of aliphatic hydroxyl groups is 1. The largest absolute Gasteiger partial charge is 0.392 e. The van der Waals surface area contributed by atoms with E-state index in [1.54, 1.807) is 0 Å². The number of likely N-dealkylation sites (tertiary alicyclic amines) is 1. The van der Waals surface area contributed by atoms with E-state index in [9.17, 15) is 5.11 Å². The molecule has 0 aliphatic carbocycles. The number of benzene rings is 1. The fourth-order valence-electron chi connectivity index (χ4n) is 2.79. The molecule has 0 spiro atoms. The highest BCUT2D eigenvalue weighted by atomic mass is 16.3. The molecule has 94 valence electrons. The zero-order valence-electron chi connectivity index (χ0n) is 10.7. The van der Waals surface area contributed by atoms with Crippen LogP contribution in [0.3, 0.4) is 0 Å². The average molecular weight is 233 g/mol. The van der Waals surface area contributed by atoms with Crippen LogP contribution in [-0.2, 0) is 6.61 Å². The van der Waals surface area contributed by atoms with Crippen molar-refractivity contribution in [2.45, 2.75) is 38.7 Å². The third kappa shape index (κ3) is 3.30. The molecule has 2 nitrogen and oxygen atoms in total. The van der Waals surface area contributed by atoms with E-state index in [4.69, 9.17) is 0 Å². The summed E-state index contributed by atoms with van der Waals surface area (Å²) in [5, 5.41) is 9.19. The molecular weight excluding hydrogens is 210 g/mol. The van der Waals surface area contributed by atoms with Gasteiger partial charge in [0.05, 0.1) is 6.61 Å². The third-order valence-electron chi connectivity index (χ3n) is 3.65. The van der Waals surface area contributed by atoms with E-state index in [0.29, 0.717) is 5.92 Å². The maximum atomic E-state index is 9.19. The summed E-state index contributed by atoms with van der Waals surface area (Å²) in [5.74, 6) is 0.654. The van der Waals surface area contributed by atoms with Crippen LogP contribution >= 0.6 is 0 Å². The highest BCUT2D eigenvalue weighted by molar-refractivity contribution is 5.26. The zero-order valence-corrected chi connectivity index (χ0v) is 10.7. The zero-order chi connectivity index (χ0) is 12.1. The summed E-state index contributed by atoms with van der Waals surface area (Å²) < 4.78 is 0. The molecule has 0 amide bonds. The Morgan fingerprint density at radius 3 is 3.06 bits per heavy atom. The van der Waals surface area contributed by atoms with E-state index in [1.165, 1.54) is 44.5 Å². The van der Waals surface area contributed by atoms with Crippen LogP contribution < -0.4 is 0 Å². The van der Waals surface area contributed by atoms with Crippen molar-refractivity contribution in [1.82, 2.24) is 4.90 Å². The lowest BCUT2D eigenvalue weighted by Crippen LogP contribution is -2.34. The van der Waals surface area contributed by atoms with Gasteiger partial charge in [0, 0.05) is 6.54 Å². The first-order valence-corrected chi connectivity index (χ1v) is 6.75. The molecule has 1 heterocycles. The minimum Gasteiger partial charge on any atom is -0.392 e. The number of rotatable bonds is 4. The van der Waals surface area contributed by atoms with Gasteiger partial charge in [0.1, 0.15) is 0 Å². The molecule has 1 N–H and O–H groups in total. The molecule has 1 aromatic rings. The first kappa shape index (κ1) is 12.6. The van der Waals surface area contributed by atoms with Crippen LogP contribution in [0.2, 0.25) is 0 Å². The van der Waals surface area contributed by atoms with Crippen molar-refractivity contribution in [3.63, 3.8) is 0 Å². The lowest BCUT2D eigenvalue weighted by molar-refractivity contribution is 0.208. The van der Waals surface area contributed by atoms with Crippen LogP contribution in [0.4, 0.5) is 0 Å². The first-order valence-electron chi connectivity index (χ1n) is 6.75. The topological polar surface area (TPSA) is 23.5 Å². The molecule has 1 aliphatic rings. The predicted molar refractivity (Wildman–Crippen MR) is 71.1 cm³/mol. The van der Waals surface area contributed by atoms with Gasteiger partial charge >= 0.3 is 0 Å². The second-order valence-electron chi connectivity index (χ2n) is 5.04. The van der Waals surface area contributed by atoms with Gasteiger partial charge in [-0.25, -0.2) is 0 Å². The summed E-state index contributed by atoms with van der Waals surface area (Å²) in [5.41, 5.74) is 2.44. The van der Waals surface area contributed by atoms with Gasteiger partial charge in [-0.3, -0.25) is 0 Å². The van der Waals surface area contributed by atoms with Crippen LogP contribution in [0.15, 0.2) is 24.3 Å². The van der Waals surface area contributed by atoms with Gasteiger partial charge in [0.2, 0.25) is 0 Å². The van der Waals surface area contributed by atoms with Gasteiger partial charge < -0.3 is 10.0 Å². The summed E-state index contributed by atoms with van der Waals surface area (Å²) in [6.07, 6.45) is 3.83. The number of nitrogens with zero attached hydrogens (tertiary/aromatic N) is 1. The lowest BCUT2D eigenvalue weighted by Gasteiger charge is -2.32. The smallest absolute Gasteiger partial charge is 0.0681 e. The van der Waals surface area contributed by atoms with Gasteiger partial charge in [-0.05, 0) is 49.4 Å². The molecule has 0 unspecified atom stereocenters. The molecule has 0 aromatic heterocycles. The maximum absolute atomic E-state index is 9.19. The van der Waals surface area contributed by atoms with Crippen LogP contribution in [-0.4, -0.2) is 29.6 Å². The number of hydrogen-bond acceptors (Lipinski definition) is 2. The SMILES string of the molecule is CCCN1CCC[C@@H](c2cccc(CO)c2)C1. The monoisotopic (exact) mass is 233 g/mol. The van der Waals surface area contributed by atoms with E-state index < -0.39 is 0 Å². The van der Waals surface area contributed by atoms with Crippen molar-refractivity contribution in [2.24, 2.45) is 0 Å².